The molecule has 0 saturated carbocycles. The second kappa shape index (κ2) is 8.71. The van der Waals surface area contributed by atoms with Crippen LogP contribution in [-0.4, -0.2) is 47.8 Å². The Hall–Kier alpha value is -3.49. The Balaban J connectivity index is 1.70. The Morgan fingerprint density at radius 2 is 1.81 bits per heavy atom. The van der Waals surface area contributed by atoms with E-state index in [1.165, 1.54) is 36.1 Å². The zero-order valence-electron chi connectivity index (χ0n) is 17.4. The third-order valence-corrected chi connectivity index (χ3v) is 5.32. The largest absolute Gasteiger partial charge is 0.435 e. The van der Waals surface area contributed by atoms with Crippen LogP contribution in [0.1, 0.15) is 23.6 Å². The molecule has 3 rings (SSSR count). The molecule has 2 aromatic carbocycles. The van der Waals surface area contributed by atoms with Crippen LogP contribution in [0.3, 0.4) is 0 Å². The summed E-state index contributed by atoms with van der Waals surface area (Å²) < 4.78 is 29.0. The Morgan fingerprint density at radius 1 is 1.16 bits per heavy atom. The number of nitrogens with one attached hydrogen (secondary N) is 1. The molecule has 2 aromatic rings. The molecule has 1 atom stereocenters. The molecule has 1 heterocycles. The summed E-state index contributed by atoms with van der Waals surface area (Å²) in [4.78, 5) is 40.4. The van der Waals surface area contributed by atoms with Gasteiger partial charge in [0, 0.05) is 13.6 Å². The minimum atomic E-state index is -2.97. The number of rotatable bonds is 7. The average Bonchev–Trinajstić information content (AvgIpc) is 2.93. The number of carbonyl (C=O) groups excluding carboxylic acids is 3. The lowest BCUT2D eigenvalue weighted by atomic mass is 9.92. The molecule has 31 heavy (non-hydrogen) atoms. The number of aryl methyl sites for hydroxylation is 1. The van der Waals surface area contributed by atoms with Gasteiger partial charge in [-0.05, 0) is 42.7 Å². The van der Waals surface area contributed by atoms with Gasteiger partial charge in [-0.25, -0.2) is 4.79 Å². The van der Waals surface area contributed by atoms with E-state index in [4.69, 9.17) is 0 Å². The average molecular weight is 431 g/mol. The van der Waals surface area contributed by atoms with Crippen molar-refractivity contribution in [3.8, 4) is 5.75 Å². The standard InChI is InChI=1S/C22H23F2N3O4/c1-14-6-4-5-7-15(14)12-26(3)18(28)13-27-19(29)22(2,25-21(27)30)16-8-10-17(11-9-16)31-20(23)24/h4-11,20H,12-13H2,1-3H3,(H,25,30). The zero-order chi connectivity index (χ0) is 22.8. The number of alkyl halides is 2. The first-order valence-corrected chi connectivity index (χ1v) is 9.59. The van der Waals surface area contributed by atoms with Gasteiger partial charge in [0.1, 0.15) is 17.8 Å². The molecule has 1 N–H and O–H groups in total. The van der Waals surface area contributed by atoms with E-state index in [0.717, 1.165) is 16.0 Å². The number of ether oxygens (including phenoxy) is 1. The van der Waals surface area contributed by atoms with Crippen LogP contribution in [0.4, 0.5) is 13.6 Å². The summed E-state index contributed by atoms with van der Waals surface area (Å²) in [6.45, 7) is 0.409. The van der Waals surface area contributed by atoms with E-state index in [2.05, 4.69) is 10.1 Å². The smallest absolute Gasteiger partial charge is 0.387 e. The molecule has 0 bridgehead atoms. The molecule has 1 aliphatic rings. The van der Waals surface area contributed by atoms with Crippen molar-refractivity contribution in [1.29, 1.82) is 0 Å². The van der Waals surface area contributed by atoms with E-state index in [1.807, 2.05) is 31.2 Å². The van der Waals surface area contributed by atoms with Gasteiger partial charge >= 0.3 is 12.6 Å². The molecule has 1 fully saturated rings. The lowest BCUT2D eigenvalue weighted by Crippen LogP contribution is -2.43. The predicted molar refractivity (Wildman–Crippen MR) is 108 cm³/mol. The minimum absolute atomic E-state index is 0.0658. The van der Waals surface area contributed by atoms with Gasteiger partial charge in [-0.2, -0.15) is 8.78 Å². The highest BCUT2D eigenvalue weighted by atomic mass is 19.3. The summed E-state index contributed by atoms with van der Waals surface area (Å²) in [7, 11) is 1.61. The lowest BCUT2D eigenvalue weighted by molar-refractivity contribution is -0.138. The molecule has 0 aromatic heterocycles. The molecule has 1 aliphatic heterocycles. The maximum Gasteiger partial charge on any atom is 0.387 e. The quantitative estimate of drug-likeness (QED) is 0.684. The summed E-state index contributed by atoms with van der Waals surface area (Å²) in [5.41, 5.74) is 0.959. The number of hydrogen-bond donors (Lipinski definition) is 1. The van der Waals surface area contributed by atoms with Crippen molar-refractivity contribution in [3.05, 3.63) is 65.2 Å². The van der Waals surface area contributed by atoms with Crippen molar-refractivity contribution in [2.45, 2.75) is 32.5 Å². The molecule has 0 spiro atoms. The minimum Gasteiger partial charge on any atom is -0.435 e. The van der Waals surface area contributed by atoms with Crippen LogP contribution in [0.15, 0.2) is 48.5 Å². The fraction of sp³-hybridized carbons (Fsp3) is 0.318. The van der Waals surface area contributed by atoms with Crippen LogP contribution in [0.25, 0.3) is 0 Å². The molecule has 164 valence electrons. The number of carbonyl (C=O) groups is 3. The first-order valence-electron chi connectivity index (χ1n) is 9.59. The van der Waals surface area contributed by atoms with E-state index in [-0.39, 0.29) is 5.75 Å². The molecule has 0 radical (unpaired) electrons. The van der Waals surface area contributed by atoms with Crippen LogP contribution >= 0.6 is 0 Å². The zero-order valence-corrected chi connectivity index (χ0v) is 17.4. The van der Waals surface area contributed by atoms with Gasteiger partial charge in [0.2, 0.25) is 5.91 Å². The number of halogens is 2. The van der Waals surface area contributed by atoms with Crippen molar-refractivity contribution in [3.63, 3.8) is 0 Å². The topological polar surface area (TPSA) is 79.0 Å². The Labute approximate surface area is 178 Å². The number of imide groups is 1. The second-order valence-corrected chi connectivity index (χ2v) is 7.53. The van der Waals surface area contributed by atoms with E-state index in [1.54, 1.807) is 7.05 Å². The van der Waals surface area contributed by atoms with Crippen molar-refractivity contribution >= 4 is 17.8 Å². The van der Waals surface area contributed by atoms with Crippen LogP contribution in [0.2, 0.25) is 0 Å². The van der Waals surface area contributed by atoms with Gasteiger partial charge in [0.15, 0.2) is 0 Å². The van der Waals surface area contributed by atoms with E-state index >= 15 is 0 Å². The van der Waals surface area contributed by atoms with Crippen molar-refractivity contribution in [1.82, 2.24) is 15.1 Å². The third kappa shape index (κ3) is 4.65. The Morgan fingerprint density at radius 3 is 2.42 bits per heavy atom. The first kappa shape index (κ1) is 22.2. The highest BCUT2D eigenvalue weighted by molar-refractivity contribution is 6.09. The number of benzene rings is 2. The molecule has 1 unspecified atom stereocenters. The fourth-order valence-electron chi connectivity index (χ4n) is 3.39. The van der Waals surface area contributed by atoms with Crippen LogP contribution < -0.4 is 10.1 Å². The molecule has 4 amide bonds. The molecular formula is C22H23F2N3O4. The fourth-order valence-corrected chi connectivity index (χ4v) is 3.39. The van der Waals surface area contributed by atoms with E-state index in [0.29, 0.717) is 12.1 Å². The molecule has 7 nitrogen and oxygen atoms in total. The summed E-state index contributed by atoms with van der Waals surface area (Å²) >= 11 is 0. The summed E-state index contributed by atoms with van der Waals surface area (Å²) in [5.74, 6) is -1.06. The first-order chi connectivity index (χ1) is 14.6. The van der Waals surface area contributed by atoms with Crippen LogP contribution in [0, 0.1) is 6.92 Å². The van der Waals surface area contributed by atoms with Gasteiger partial charge in [0.25, 0.3) is 5.91 Å². The van der Waals surface area contributed by atoms with Crippen LogP contribution in [0.5, 0.6) is 5.75 Å². The molecule has 0 aliphatic carbocycles. The summed E-state index contributed by atoms with van der Waals surface area (Å²) in [5, 5.41) is 2.59. The van der Waals surface area contributed by atoms with Gasteiger partial charge in [0.05, 0.1) is 0 Å². The van der Waals surface area contributed by atoms with Crippen molar-refractivity contribution in [2.24, 2.45) is 0 Å². The van der Waals surface area contributed by atoms with Gasteiger partial charge < -0.3 is 15.0 Å². The molecular weight excluding hydrogens is 408 g/mol. The molecule has 9 heteroatoms. The monoisotopic (exact) mass is 431 g/mol. The molecule has 1 saturated heterocycles. The summed E-state index contributed by atoms with van der Waals surface area (Å²) in [6, 6.07) is 12.3. The Kier molecular flexibility index (Phi) is 6.24. The SMILES string of the molecule is Cc1ccccc1CN(C)C(=O)CN1C(=O)NC(C)(c2ccc(OC(F)F)cc2)C1=O. The number of likely N-dealkylation sites (N-methyl/N-ethyl adjacent to an activating group) is 1. The summed E-state index contributed by atoms with van der Waals surface area (Å²) in [6.07, 6.45) is 0. The maximum atomic E-state index is 13.0. The van der Waals surface area contributed by atoms with Crippen molar-refractivity contribution < 1.29 is 27.9 Å². The maximum absolute atomic E-state index is 13.0. The number of nitrogens with zero attached hydrogens (tertiary/aromatic N) is 2. The van der Waals surface area contributed by atoms with Gasteiger partial charge in [-0.15, -0.1) is 0 Å². The van der Waals surface area contributed by atoms with Crippen LogP contribution in [-0.2, 0) is 21.7 Å². The third-order valence-electron chi connectivity index (χ3n) is 5.32. The van der Waals surface area contributed by atoms with E-state index in [9.17, 15) is 23.2 Å². The second-order valence-electron chi connectivity index (χ2n) is 7.53. The lowest BCUT2D eigenvalue weighted by Gasteiger charge is -2.23. The van der Waals surface area contributed by atoms with Gasteiger partial charge in [-0.3, -0.25) is 14.5 Å². The Bertz CT molecular complexity index is 997. The number of amides is 4. The normalized spacial score (nSPS) is 18.3. The number of urea groups is 1. The highest BCUT2D eigenvalue weighted by Crippen LogP contribution is 2.30. The van der Waals surface area contributed by atoms with Gasteiger partial charge in [-0.1, -0.05) is 36.4 Å². The van der Waals surface area contributed by atoms with E-state index < -0.39 is 36.5 Å². The predicted octanol–water partition coefficient (Wildman–Crippen LogP) is 3.02. The van der Waals surface area contributed by atoms with Crippen molar-refractivity contribution in [2.75, 3.05) is 13.6 Å². The number of hydrogen-bond acceptors (Lipinski definition) is 4. The highest BCUT2D eigenvalue weighted by Gasteiger charge is 2.49.